The minimum absolute atomic E-state index is 0.000234. The van der Waals surface area contributed by atoms with Crippen molar-refractivity contribution in [2.45, 2.75) is 180 Å². The van der Waals surface area contributed by atoms with Gasteiger partial charge in [0.15, 0.2) is 5.78 Å². The minimum atomic E-state index is -3.51. The molecule has 3 N–H and O–H groups in total. The van der Waals surface area contributed by atoms with Crippen LogP contribution in [0.5, 0.6) is 0 Å². The summed E-state index contributed by atoms with van der Waals surface area (Å²) in [5.41, 5.74) is 1.22. The molecule has 0 aromatic carbocycles. The lowest BCUT2D eigenvalue weighted by Gasteiger charge is -2.42. The van der Waals surface area contributed by atoms with Gasteiger partial charge in [0.1, 0.15) is 30.1 Å². The molecule has 3 fully saturated rings. The number of rotatable bonds is 14. The van der Waals surface area contributed by atoms with E-state index < -0.39 is 103 Å². The van der Waals surface area contributed by atoms with Crippen LogP contribution in [0.1, 0.15) is 126 Å². The number of piperidine rings is 1. The number of aliphatic hydroxyl groups is 3. The van der Waals surface area contributed by atoms with E-state index in [0.717, 1.165) is 5.57 Å². The van der Waals surface area contributed by atoms with Gasteiger partial charge >= 0.3 is 13.6 Å². The van der Waals surface area contributed by atoms with Gasteiger partial charge in [0, 0.05) is 65.1 Å². The van der Waals surface area contributed by atoms with Gasteiger partial charge in [0.2, 0.25) is 5.79 Å². The molecule has 1 saturated carbocycles. The number of allylic oxidation sites excluding steroid dienone is 6. The third-order valence-electron chi connectivity index (χ3n) is 15.6. The smallest absolute Gasteiger partial charge is 0.329 e. The van der Waals surface area contributed by atoms with Crippen LogP contribution in [0, 0.1) is 35.5 Å². The van der Waals surface area contributed by atoms with Gasteiger partial charge in [-0.15, -0.1) is 0 Å². The molecular formula is C56H90NO17P. The van der Waals surface area contributed by atoms with E-state index in [2.05, 4.69) is 0 Å². The lowest BCUT2D eigenvalue weighted by Crippen LogP contribution is -2.61. The first-order chi connectivity index (χ1) is 35.5. The Morgan fingerprint density at radius 3 is 2.27 bits per heavy atom. The number of methoxy groups -OCH3 is 3. The normalized spacial score (nSPS) is 37.5. The molecule has 0 aromatic rings. The van der Waals surface area contributed by atoms with Gasteiger partial charge in [0.05, 0.1) is 50.8 Å². The van der Waals surface area contributed by atoms with Gasteiger partial charge in [0.25, 0.3) is 11.7 Å². The molecule has 0 aromatic heterocycles. The first kappa shape index (κ1) is 64.3. The molecule has 3 aliphatic heterocycles. The van der Waals surface area contributed by atoms with E-state index in [-0.39, 0.29) is 69.2 Å². The first-order valence-electron chi connectivity index (χ1n) is 27.1. The number of Topliss-reactive ketones (excluding diaryl/α,β-unsaturated/α-hetero) is 3. The van der Waals surface area contributed by atoms with Gasteiger partial charge in [-0.1, -0.05) is 71.1 Å². The molecule has 1 amide bonds. The maximum Gasteiger partial charge on any atom is 0.329 e. The number of nitrogens with zero attached hydrogens (tertiary/aromatic N) is 1. The first-order valence-corrected chi connectivity index (χ1v) is 29.1. The minimum Gasteiger partial charge on any atom is -0.460 e. The Morgan fingerprint density at radius 2 is 1.59 bits per heavy atom. The molecule has 4 rings (SSSR count). The number of hydrogen-bond acceptors (Lipinski definition) is 17. The number of ketones is 3. The molecule has 75 heavy (non-hydrogen) atoms. The topological polar surface area (TPSA) is 240 Å². The fraction of sp³-hybridized carbons (Fsp3) is 0.768. The molecule has 2 saturated heterocycles. The van der Waals surface area contributed by atoms with Crippen LogP contribution in [0.15, 0.2) is 47.6 Å². The predicted molar refractivity (Wildman–Crippen MR) is 281 cm³/mol. The summed E-state index contributed by atoms with van der Waals surface area (Å²) >= 11 is 0. The Morgan fingerprint density at radius 1 is 0.853 bits per heavy atom. The Bertz CT molecular complexity index is 2060. The number of cyclic esters (lactones) is 1. The lowest BCUT2D eigenvalue weighted by atomic mass is 9.78. The Balaban J connectivity index is 1.66. The largest absolute Gasteiger partial charge is 0.460 e. The number of amides is 1. The molecule has 0 spiro atoms. The molecule has 16 atom stereocenters. The second-order valence-electron chi connectivity index (χ2n) is 21.6. The second-order valence-corrected chi connectivity index (χ2v) is 23.6. The van der Waals surface area contributed by atoms with Crippen molar-refractivity contribution in [2.75, 3.05) is 61.0 Å². The van der Waals surface area contributed by atoms with Crippen LogP contribution in [-0.2, 0) is 66.0 Å². The second kappa shape index (κ2) is 30.8. The fourth-order valence-corrected chi connectivity index (χ4v) is 12.1. The lowest BCUT2D eigenvalue weighted by molar-refractivity contribution is -0.265. The summed E-state index contributed by atoms with van der Waals surface area (Å²) in [5.74, 6) is -8.47. The van der Waals surface area contributed by atoms with Crippen LogP contribution in [0.2, 0.25) is 0 Å². The van der Waals surface area contributed by atoms with E-state index >= 15 is 0 Å². The monoisotopic (exact) mass is 1080 g/mol. The third kappa shape index (κ3) is 18.7. The molecule has 18 nitrogen and oxygen atoms in total. The molecule has 3 unspecified atom stereocenters. The van der Waals surface area contributed by atoms with E-state index in [0.29, 0.717) is 69.8 Å². The Labute approximate surface area is 445 Å². The van der Waals surface area contributed by atoms with Crippen molar-refractivity contribution in [1.82, 2.24) is 4.90 Å². The van der Waals surface area contributed by atoms with E-state index in [9.17, 15) is 38.8 Å². The number of hydrogen-bond donors (Lipinski definition) is 3. The molecule has 19 heteroatoms. The summed E-state index contributed by atoms with van der Waals surface area (Å²) in [6.45, 7) is 14.1. The summed E-state index contributed by atoms with van der Waals surface area (Å²) in [7, 11) is 0.977. The average Bonchev–Trinajstić information content (AvgIpc) is 3.37. The van der Waals surface area contributed by atoms with Crippen molar-refractivity contribution in [3.63, 3.8) is 0 Å². The zero-order valence-corrected chi connectivity index (χ0v) is 47.4. The molecular weight excluding hydrogens is 990 g/mol. The Hall–Kier alpha value is -3.26. The number of esters is 1. The number of ether oxygens (including phenoxy) is 6. The Kier molecular flexibility index (Phi) is 26.4. The average molecular weight is 1080 g/mol. The van der Waals surface area contributed by atoms with E-state index in [1.54, 1.807) is 48.0 Å². The highest BCUT2D eigenvalue weighted by Crippen LogP contribution is 2.48. The van der Waals surface area contributed by atoms with Crippen LogP contribution in [0.4, 0.5) is 0 Å². The summed E-state index contributed by atoms with van der Waals surface area (Å²) in [5, 5.41) is 32.5. The summed E-state index contributed by atoms with van der Waals surface area (Å²) in [6, 6.07) is -1.19. The number of carbonyl (C=O) groups is 5. The predicted octanol–water partition coefficient (Wildman–Crippen LogP) is 7.05. The number of carbonyl (C=O) groups excluding carboxylic acids is 5. The number of aliphatic hydroxyl groups excluding tert-OH is 2. The molecule has 426 valence electrons. The zero-order valence-electron chi connectivity index (χ0n) is 46.5. The summed E-state index contributed by atoms with van der Waals surface area (Å²) in [4.78, 5) is 72.6. The third-order valence-corrected chi connectivity index (χ3v) is 16.9. The SMILES string of the molecule is CO[C@H]1C[C@@H]2CC[C@@H](C)[C@@](O)(O2)C(=O)C(=O)N2CCCC[C@H]2C(=O)OC([C@H](C)CC2CC[C@@H](OP(C)(=O)OCCOCCO)[C@H](OC)C2)CC(=O)[C@H](C)/C=C(\C)[C@@H](O)[C@@H](OC)C(=O)[C@H](C)C[C@H](C)/C=C/C=C/C=C/1C. The van der Waals surface area contributed by atoms with Crippen molar-refractivity contribution >= 4 is 36.8 Å². The molecule has 2 bridgehead atoms. The van der Waals surface area contributed by atoms with Crippen LogP contribution in [0.25, 0.3) is 0 Å². The van der Waals surface area contributed by atoms with Gasteiger partial charge in [-0.3, -0.25) is 23.7 Å². The van der Waals surface area contributed by atoms with Crippen molar-refractivity contribution in [2.24, 2.45) is 35.5 Å². The van der Waals surface area contributed by atoms with Crippen LogP contribution in [0.3, 0.4) is 0 Å². The summed E-state index contributed by atoms with van der Waals surface area (Å²) < 4.78 is 59.8. The zero-order chi connectivity index (χ0) is 55.6. The maximum atomic E-state index is 14.6. The van der Waals surface area contributed by atoms with Crippen molar-refractivity contribution in [1.29, 1.82) is 0 Å². The van der Waals surface area contributed by atoms with Crippen LogP contribution >= 0.6 is 7.60 Å². The highest BCUT2D eigenvalue weighted by molar-refractivity contribution is 7.53. The quantitative estimate of drug-likeness (QED) is 0.0519. The summed E-state index contributed by atoms with van der Waals surface area (Å²) in [6.07, 6.45) is 10.3. The highest BCUT2D eigenvalue weighted by atomic mass is 31.2. The van der Waals surface area contributed by atoms with Gasteiger partial charge in [-0.2, -0.15) is 0 Å². The van der Waals surface area contributed by atoms with Crippen molar-refractivity contribution in [3.05, 3.63) is 47.6 Å². The van der Waals surface area contributed by atoms with Crippen LogP contribution in [-0.4, -0.2) is 165 Å². The van der Waals surface area contributed by atoms with E-state index in [4.69, 9.17) is 42.6 Å². The molecule has 3 heterocycles. The van der Waals surface area contributed by atoms with E-state index in [1.165, 1.54) is 18.7 Å². The highest BCUT2D eigenvalue weighted by Gasteiger charge is 2.53. The molecule has 1 aliphatic carbocycles. The number of fused-ring (bicyclic) bond motifs is 3. The van der Waals surface area contributed by atoms with Gasteiger partial charge in [-0.25, -0.2) is 4.79 Å². The van der Waals surface area contributed by atoms with Gasteiger partial charge < -0.3 is 57.7 Å². The van der Waals surface area contributed by atoms with Gasteiger partial charge in [-0.05, 0) is 107 Å². The van der Waals surface area contributed by atoms with Crippen molar-refractivity contribution < 1.29 is 81.3 Å². The fourth-order valence-electron chi connectivity index (χ4n) is 10.9. The van der Waals surface area contributed by atoms with Crippen molar-refractivity contribution in [3.8, 4) is 0 Å². The van der Waals surface area contributed by atoms with E-state index in [1.807, 2.05) is 51.2 Å². The molecule has 4 aliphatic rings. The standard InChI is InChI=1S/C56H90NO17P/c1-35-17-13-12-14-18-36(2)47(67-8)33-43-22-20-41(7)56(65,73-43)53(62)54(63)57-24-16-15-19-44(57)55(64)72-48(34-45(59)37(3)30-40(6)51(61)52(69-10)50(60)39(5)29-35)38(4)31-42-21-23-46(49(32-42)68-9)74-75(11,66)71-28-27-70-26-25-58/h12-14,17-18,30,35,37-39,41-44,46-49,51-52,58,61,65H,15-16,19-29,31-34H2,1-11H3/b14-12+,17-13+,36-18+,40-30+/t35-,37-,38-,39-,41-,42?,43+,44+,46-,47+,48?,49-,51-,52+,56-,75?/m1/s1. The van der Waals surface area contributed by atoms with Crippen LogP contribution < -0.4 is 0 Å². The molecule has 0 radical (unpaired) electrons. The maximum absolute atomic E-state index is 14.6.